The van der Waals surface area contributed by atoms with Crippen LogP contribution in [0.5, 0.6) is 0 Å². The standard InChI is InChI=1S/C12H20BN3O3/c1-12(2,3)19-11(17)15-10(13-18-9-14)16-7-5-4-6-8-16/h4-8H2,1-3H3,(H,15,17). The van der Waals surface area contributed by atoms with E-state index in [0.29, 0.717) is 5.71 Å². The molecule has 1 aliphatic rings. The average Bonchev–Trinajstić information content (AvgIpc) is 2.33. The quantitative estimate of drug-likeness (QED) is 0.613. The van der Waals surface area contributed by atoms with Gasteiger partial charge in [-0.2, -0.15) is 0 Å². The third kappa shape index (κ3) is 6.14. The number of hydrogen-bond donors (Lipinski definition) is 1. The molecule has 1 N–H and O–H groups in total. The van der Waals surface area contributed by atoms with Crippen molar-refractivity contribution in [2.45, 2.75) is 45.6 Å². The third-order valence-corrected chi connectivity index (χ3v) is 2.55. The van der Waals surface area contributed by atoms with Crippen molar-refractivity contribution in [1.82, 2.24) is 10.2 Å². The summed E-state index contributed by atoms with van der Waals surface area (Å²) in [5.41, 5.74) is -0.0943. The first-order valence-corrected chi connectivity index (χ1v) is 6.42. The summed E-state index contributed by atoms with van der Waals surface area (Å²) in [4.78, 5) is 13.7. The second-order valence-electron chi connectivity index (χ2n) is 5.39. The summed E-state index contributed by atoms with van der Waals surface area (Å²) < 4.78 is 9.79. The van der Waals surface area contributed by atoms with Gasteiger partial charge in [0.15, 0.2) is 0 Å². The van der Waals surface area contributed by atoms with E-state index in [-0.39, 0.29) is 0 Å². The summed E-state index contributed by atoms with van der Waals surface area (Å²) in [7, 11) is 1.25. The van der Waals surface area contributed by atoms with Crippen LogP contribution in [0.15, 0.2) is 0 Å². The van der Waals surface area contributed by atoms with E-state index in [4.69, 9.17) is 10.00 Å². The number of likely N-dealkylation sites (tertiary alicyclic amines) is 1. The Labute approximate surface area is 114 Å². The summed E-state index contributed by atoms with van der Waals surface area (Å²) in [5.74, 6) is 0. The second kappa shape index (κ2) is 7.02. The topological polar surface area (TPSA) is 74.6 Å². The summed E-state index contributed by atoms with van der Waals surface area (Å²) in [6, 6.07) is 0. The van der Waals surface area contributed by atoms with Gasteiger partial charge in [0.1, 0.15) is 0 Å². The van der Waals surface area contributed by atoms with Gasteiger partial charge in [-0.3, -0.25) is 0 Å². The maximum atomic E-state index is 11.7. The van der Waals surface area contributed by atoms with Gasteiger partial charge in [-0.15, -0.1) is 0 Å². The molecule has 0 aromatic carbocycles. The predicted octanol–water partition coefficient (Wildman–Crippen LogP) is 1.20. The number of nitrogens with one attached hydrogen (secondary N) is 1. The molecule has 0 radical (unpaired) electrons. The Kier molecular flexibility index (Phi) is 5.68. The molecule has 19 heavy (non-hydrogen) atoms. The van der Waals surface area contributed by atoms with Crippen molar-refractivity contribution in [1.29, 1.82) is 5.26 Å². The van der Waals surface area contributed by atoms with E-state index in [2.05, 4.69) is 9.97 Å². The Balaban J connectivity index is 2.64. The third-order valence-electron chi connectivity index (χ3n) is 2.55. The molecule has 0 unspecified atom stereocenters. The van der Waals surface area contributed by atoms with Crippen LogP contribution in [0.25, 0.3) is 0 Å². The van der Waals surface area contributed by atoms with Crippen LogP contribution in [0.3, 0.4) is 0 Å². The number of alkyl carbamates (subject to hydrolysis) is 1. The normalized spacial score (nSPS) is 16.1. The number of carbonyl (C=O) groups excluding carboxylic acids is 1. The molecule has 0 bridgehead atoms. The zero-order valence-electron chi connectivity index (χ0n) is 11.7. The fourth-order valence-corrected chi connectivity index (χ4v) is 1.81. The molecule has 1 fully saturated rings. The Morgan fingerprint density at radius 3 is 2.47 bits per heavy atom. The summed E-state index contributed by atoms with van der Waals surface area (Å²) in [5, 5.41) is 11.1. The molecule has 0 spiro atoms. The molecular weight excluding hydrogens is 245 g/mol. The van der Waals surface area contributed by atoms with Crippen LogP contribution in [-0.2, 0) is 9.39 Å². The molecule has 0 aliphatic carbocycles. The number of piperidine rings is 1. The number of hydrogen-bond acceptors (Lipinski definition) is 5. The molecule has 104 valence electrons. The molecular formula is C12H20BN3O3. The van der Waals surface area contributed by atoms with Crippen molar-refractivity contribution in [3.63, 3.8) is 0 Å². The number of rotatable bonds is 3. The minimum atomic E-state index is -0.562. The van der Waals surface area contributed by atoms with Gasteiger partial charge in [-0.05, 0) is 0 Å². The van der Waals surface area contributed by atoms with Crippen molar-refractivity contribution in [2.24, 2.45) is 0 Å². The minimum absolute atomic E-state index is 0.468. The Morgan fingerprint density at radius 2 is 1.95 bits per heavy atom. The number of nitrogens with zero attached hydrogens (tertiary/aromatic N) is 2. The average molecular weight is 265 g/mol. The first-order valence-electron chi connectivity index (χ1n) is 6.42. The summed E-state index contributed by atoms with van der Waals surface area (Å²) >= 11 is 0. The van der Waals surface area contributed by atoms with Crippen molar-refractivity contribution in [3.8, 4) is 6.26 Å². The number of amides is 1. The molecule has 1 aliphatic heterocycles. The van der Waals surface area contributed by atoms with E-state index >= 15 is 0 Å². The van der Waals surface area contributed by atoms with Crippen molar-refractivity contribution in [3.05, 3.63) is 0 Å². The van der Waals surface area contributed by atoms with Crippen LogP contribution in [-0.4, -0.2) is 42.5 Å². The van der Waals surface area contributed by atoms with E-state index in [1.807, 2.05) is 4.90 Å². The first kappa shape index (κ1) is 15.4. The van der Waals surface area contributed by atoms with E-state index in [9.17, 15) is 4.79 Å². The molecule has 6 nitrogen and oxygen atoms in total. The number of nitriles is 1. The van der Waals surface area contributed by atoms with Gasteiger partial charge < -0.3 is 0 Å². The Bertz CT molecular complexity index is 379. The predicted molar refractivity (Wildman–Crippen MR) is 72.3 cm³/mol. The van der Waals surface area contributed by atoms with Gasteiger partial charge in [0.2, 0.25) is 0 Å². The fourth-order valence-electron chi connectivity index (χ4n) is 1.81. The van der Waals surface area contributed by atoms with Crippen LogP contribution >= 0.6 is 0 Å². The maximum absolute atomic E-state index is 11.7. The van der Waals surface area contributed by atoms with Gasteiger partial charge in [0.05, 0.1) is 0 Å². The molecule has 0 aromatic rings. The zero-order chi connectivity index (χ0) is 14.3. The SMILES string of the molecule is CC(C)(C)OC(=O)NC(=BOC#N)N1CCCCC1. The molecule has 1 saturated heterocycles. The van der Waals surface area contributed by atoms with E-state index in [0.717, 1.165) is 25.9 Å². The van der Waals surface area contributed by atoms with Gasteiger partial charge in [0, 0.05) is 0 Å². The summed E-state index contributed by atoms with van der Waals surface area (Å²) in [6.45, 7) is 7.04. The fraction of sp³-hybridized carbons (Fsp3) is 0.750. The van der Waals surface area contributed by atoms with Crippen molar-refractivity contribution in [2.75, 3.05) is 13.1 Å². The van der Waals surface area contributed by atoms with E-state index < -0.39 is 11.7 Å². The van der Waals surface area contributed by atoms with Gasteiger partial charge in [0.25, 0.3) is 0 Å². The summed E-state index contributed by atoms with van der Waals surface area (Å²) in [6.07, 6.45) is 4.30. The molecule has 0 aromatic heterocycles. The van der Waals surface area contributed by atoms with Crippen molar-refractivity contribution < 1.29 is 14.2 Å². The number of ether oxygens (including phenoxy) is 1. The van der Waals surface area contributed by atoms with Crippen LogP contribution in [0.4, 0.5) is 4.79 Å². The second-order valence-corrected chi connectivity index (χ2v) is 5.39. The zero-order valence-corrected chi connectivity index (χ0v) is 11.7. The molecule has 1 heterocycles. The van der Waals surface area contributed by atoms with Gasteiger partial charge in [-0.1, -0.05) is 0 Å². The molecule has 1 amide bonds. The molecule has 1 rings (SSSR count). The number of carbonyl (C=O) groups is 1. The van der Waals surface area contributed by atoms with Crippen LogP contribution in [0.2, 0.25) is 0 Å². The first-order chi connectivity index (χ1) is 8.92. The Hall–Kier alpha value is -1.71. The van der Waals surface area contributed by atoms with Gasteiger partial charge >= 0.3 is 114 Å². The van der Waals surface area contributed by atoms with E-state index in [1.165, 1.54) is 13.5 Å². The van der Waals surface area contributed by atoms with Crippen LogP contribution < -0.4 is 5.32 Å². The molecule has 0 saturated carbocycles. The van der Waals surface area contributed by atoms with Crippen LogP contribution in [0.1, 0.15) is 40.0 Å². The van der Waals surface area contributed by atoms with Crippen molar-refractivity contribution >= 4 is 18.9 Å². The van der Waals surface area contributed by atoms with Crippen LogP contribution in [0, 0.1) is 11.5 Å². The monoisotopic (exact) mass is 265 g/mol. The van der Waals surface area contributed by atoms with Gasteiger partial charge in [-0.25, -0.2) is 0 Å². The molecule has 7 heteroatoms. The molecule has 0 atom stereocenters. The van der Waals surface area contributed by atoms with E-state index in [1.54, 1.807) is 27.0 Å². The Morgan fingerprint density at radius 1 is 1.32 bits per heavy atom.